The van der Waals surface area contributed by atoms with Gasteiger partial charge in [-0.15, -0.1) is 0 Å². The van der Waals surface area contributed by atoms with Gasteiger partial charge in [-0.05, 0) is 43.7 Å². The fourth-order valence-electron chi connectivity index (χ4n) is 3.86. The van der Waals surface area contributed by atoms with Crippen LogP contribution in [0.25, 0.3) is 0 Å². The third kappa shape index (κ3) is 4.18. The van der Waals surface area contributed by atoms with E-state index in [0.717, 1.165) is 51.1 Å². The molecule has 1 aromatic carbocycles. The summed E-state index contributed by atoms with van der Waals surface area (Å²) in [4.78, 5) is 18.8. The standard InChI is InChI=1S/C20H24FN3O3/c21-17-4-2-1-3-16(17)20(25)24-9-5-14(6-10-24)13-18-22-19(23-27-18)15-7-11-26-12-8-15/h1-4,14-15H,5-13H2. The van der Waals surface area contributed by atoms with Crippen LogP contribution in [0.1, 0.15) is 53.7 Å². The van der Waals surface area contributed by atoms with E-state index in [4.69, 9.17) is 9.26 Å². The summed E-state index contributed by atoms with van der Waals surface area (Å²) in [5.74, 6) is 1.51. The van der Waals surface area contributed by atoms with Crippen molar-refractivity contribution in [3.63, 3.8) is 0 Å². The molecule has 2 saturated heterocycles. The predicted octanol–water partition coefficient (Wildman–Crippen LogP) is 3.20. The highest BCUT2D eigenvalue weighted by Crippen LogP contribution is 2.26. The number of benzene rings is 1. The molecular weight excluding hydrogens is 349 g/mol. The number of nitrogens with zero attached hydrogens (tertiary/aromatic N) is 3. The van der Waals surface area contributed by atoms with Crippen molar-refractivity contribution in [2.75, 3.05) is 26.3 Å². The van der Waals surface area contributed by atoms with Crippen molar-refractivity contribution >= 4 is 5.91 Å². The molecule has 0 unspecified atom stereocenters. The number of carbonyl (C=O) groups excluding carboxylic acids is 1. The average Bonchev–Trinajstić information content (AvgIpc) is 3.18. The van der Waals surface area contributed by atoms with E-state index in [1.165, 1.54) is 6.07 Å². The molecular formula is C20H24FN3O3. The van der Waals surface area contributed by atoms with Gasteiger partial charge in [-0.1, -0.05) is 17.3 Å². The van der Waals surface area contributed by atoms with E-state index in [0.29, 0.717) is 30.8 Å². The Morgan fingerprint density at radius 1 is 1.15 bits per heavy atom. The van der Waals surface area contributed by atoms with Crippen molar-refractivity contribution in [3.05, 3.63) is 47.4 Å². The maximum atomic E-state index is 13.8. The molecule has 0 aliphatic carbocycles. The summed E-state index contributed by atoms with van der Waals surface area (Å²) in [6.07, 6.45) is 4.33. The summed E-state index contributed by atoms with van der Waals surface area (Å²) in [5.41, 5.74) is 0.147. The number of hydrogen-bond acceptors (Lipinski definition) is 5. The number of piperidine rings is 1. The smallest absolute Gasteiger partial charge is 0.256 e. The number of halogens is 1. The Balaban J connectivity index is 1.30. The lowest BCUT2D eigenvalue weighted by molar-refractivity contribution is 0.0682. The minimum absolute atomic E-state index is 0.147. The van der Waals surface area contributed by atoms with Crippen LogP contribution in [-0.4, -0.2) is 47.3 Å². The van der Waals surface area contributed by atoms with Gasteiger partial charge in [-0.2, -0.15) is 4.98 Å². The zero-order valence-corrected chi connectivity index (χ0v) is 15.3. The summed E-state index contributed by atoms with van der Waals surface area (Å²) >= 11 is 0. The van der Waals surface area contributed by atoms with Crippen molar-refractivity contribution < 1.29 is 18.4 Å². The van der Waals surface area contributed by atoms with Gasteiger partial charge in [0, 0.05) is 38.6 Å². The molecule has 0 atom stereocenters. The van der Waals surface area contributed by atoms with Crippen LogP contribution in [0.15, 0.2) is 28.8 Å². The molecule has 0 N–H and O–H groups in total. The van der Waals surface area contributed by atoms with Crippen molar-refractivity contribution in [2.45, 2.75) is 38.0 Å². The third-order valence-corrected chi connectivity index (χ3v) is 5.54. The highest BCUT2D eigenvalue weighted by molar-refractivity contribution is 5.94. The molecule has 0 bridgehead atoms. The monoisotopic (exact) mass is 373 g/mol. The van der Waals surface area contributed by atoms with E-state index in [2.05, 4.69) is 10.1 Å². The van der Waals surface area contributed by atoms with Crippen LogP contribution in [0.5, 0.6) is 0 Å². The number of rotatable bonds is 4. The topological polar surface area (TPSA) is 68.5 Å². The largest absolute Gasteiger partial charge is 0.381 e. The quantitative estimate of drug-likeness (QED) is 0.823. The Hall–Kier alpha value is -2.28. The number of hydrogen-bond donors (Lipinski definition) is 0. The lowest BCUT2D eigenvalue weighted by Gasteiger charge is -2.31. The second kappa shape index (κ2) is 8.17. The molecule has 1 amide bonds. The third-order valence-electron chi connectivity index (χ3n) is 5.54. The summed E-state index contributed by atoms with van der Waals surface area (Å²) in [6.45, 7) is 2.75. The molecule has 0 spiro atoms. The van der Waals surface area contributed by atoms with Crippen LogP contribution in [0.3, 0.4) is 0 Å². The first-order valence-electron chi connectivity index (χ1n) is 9.64. The van der Waals surface area contributed by atoms with Gasteiger partial charge in [0.05, 0.1) is 5.56 Å². The minimum Gasteiger partial charge on any atom is -0.381 e. The first kappa shape index (κ1) is 18.1. The van der Waals surface area contributed by atoms with Gasteiger partial charge in [0.25, 0.3) is 5.91 Å². The van der Waals surface area contributed by atoms with Crippen LogP contribution in [-0.2, 0) is 11.2 Å². The SMILES string of the molecule is O=C(c1ccccc1F)N1CCC(Cc2nc(C3CCOCC3)no2)CC1. The van der Waals surface area contributed by atoms with E-state index in [-0.39, 0.29) is 11.5 Å². The maximum Gasteiger partial charge on any atom is 0.256 e. The zero-order chi connectivity index (χ0) is 18.6. The second-order valence-electron chi connectivity index (χ2n) is 7.35. The summed E-state index contributed by atoms with van der Waals surface area (Å²) in [7, 11) is 0. The minimum atomic E-state index is -0.462. The fraction of sp³-hybridized carbons (Fsp3) is 0.550. The summed E-state index contributed by atoms with van der Waals surface area (Å²) in [6, 6.07) is 6.15. The molecule has 6 nitrogen and oxygen atoms in total. The van der Waals surface area contributed by atoms with Crippen molar-refractivity contribution in [3.8, 4) is 0 Å². The Morgan fingerprint density at radius 2 is 1.89 bits per heavy atom. The van der Waals surface area contributed by atoms with Gasteiger partial charge in [-0.25, -0.2) is 4.39 Å². The molecule has 1 aromatic heterocycles. The number of carbonyl (C=O) groups is 1. The number of amides is 1. The van der Waals surface area contributed by atoms with Gasteiger partial charge in [-0.3, -0.25) is 4.79 Å². The van der Waals surface area contributed by atoms with Gasteiger partial charge in [0.2, 0.25) is 5.89 Å². The first-order valence-corrected chi connectivity index (χ1v) is 9.64. The Morgan fingerprint density at radius 3 is 2.63 bits per heavy atom. The van der Waals surface area contributed by atoms with Crippen molar-refractivity contribution in [1.29, 1.82) is 0 Å². The van der Waals surface area contributed by atoms with E-state index in [1.54, 1.807) is 23.1 Å². The molecule has 2 fully saturated rings. The zero-order valence-electron chi connectivity index (χ0n) is 15.3. The van der Waals surface area contributed by atoms with E-state index in [1.807, 2.05) is 0 Å². The predicted molar refractivity (Wildman–Crippen MR) is 95.8 cm³/mol. The number of likely N-dealkylation sites (tertiary alicyclic amines) is 1. The first-order chi connectivity index (χ1) is 13.2. The molecule has 2 aliphatic heterocycles. The molecule has 7 heteroatoms. The molecule has 2 aromatic rings. The Labute approximate surface area is 157 Å². The van der Waals surface area contributed by atoms with Crippen molar-refractivity contribution in [1.82, 2.24) is 15.0 Å². The Bertz CT molecular complexity index is 780. The van der Waals surface area contributed by atoms with Gasteiger partial charge < -0.3 is 14.2 Å². The maximum absolute atomic E-state index is 13.8. The fourth-order valence-corrected chi connectivity index (χ4v) is 3.86. The van der Waals surface area contributed by atoms with E-state index in [9.17, 15) is 9.18 Å². The van der Waals surface area contributed by atoms with Crippen LogP contribution < -0.4 is 0 Å². The number of aromatic nitrogens is 2. The Kier molecular flexibility index (Phi) is 5.48. The molecule has 4 rings (SSSR count). The van der Waals surface area contributed by atoms with E-state index >= 15 is 0 Å². The normalized spacial score (nSPS) is 19.4. The summed E-state index contributed by atoms with van der Waals surface area (Å²) < 4.78 is 24.7. The number of ether oxygens (including phenoxy) is 1. The van der Waals surface area contributed by atoms with Crippen molar-refractivity contribution in [2.24, 2.45) is 5.92 Å². The highest BCUT2D eigenvalue weighted by Gasteiger charge is 2.27. The van der Waals surface area contributed by atoms with Crippen LogP contribution in [0, 0.1) is 11.7 Å². The van der Waals surface area contributed by atoms with Gasteiger partial charge in [0.15, 0.2) is 5.82 Å². The van der Waals surface area contributed by atoms with Crippen LogP contribution in [0.2, 0.25) is 0 Å². The molecule has 3 heterocycles. The van der Waals surface area contributed by atoms with Gasteiger partial charge in [0.1, 0.15) is 5.82 Å². The highest BCUT2D eigenvalue weighted by atomic mass is 19.1. The van der Waals surface area contributed by atoms with E-state index < -0.39 is 5.82 Å². The molecule has 27 heavy (non-hydrogen) atoms. The second-order valence-corrected chi connectivity index (χ2v) is 7.35. The lowest BCUT2D eigenvalue weighted by atomic mass is 9.93. The average molecular weight is 373 g/mol. The van der Waals surface area contributed by atoms with Crippen LogP contribution >= 0.6 is 0 Å². The van der Waals surface area contributed by atoms with Crippen LogP contribution in [0.4, 0.5) is 4.39 Å². The molecule has 0 saturated carbocycles. The lowest BCUT2D eigenvalue weighted by Crippen LogP contribution is -2.39. The molecule has 2 aliphatic rings. The summed E-state index contributed by atoms with van der Waals surface area (Å²) in [5, 5.41) is 4.15. The molecule has 0 radical (unpaired) electrons. The van der Waals surface area contributed by atoms with Gasteiger partial charge >= 0.3 is 0 Å². The molecule has 144 valence electrons.